The molecule has 7 atom stereocenters. The molecule has 286 valence electrons. The number of hydrogen-bond acceptors (Lipinski definition) is 7. The predicted octanol–water partition coefficient (Wildman–Crippen LogP) is 8.79. The van der Waals surface area contributed by atoms with Gasteiger partial charge in [0.15, 0.2) is 5.78 Å². The summed E-state index contributed by atoms with van der Waals surface area (Å²) in [5.74, 6) is 1.77. The molecular weight excluding hydrogens is 703 g/mol. The van der Waals surface area contributed by atoms with Crippen molar-refractivity contribution in [3.63, 3.8) is 0 Å². The molecule has 2 aromatic carbocycles. The Morgan fingerprint density at radius 2 is 1.79 bits per heavy atom. The number of rotatable bonds is 9. The Morgan fingerprint density at radius 3 is 2.47 bits per heavy atom. The summed E-state index contributed by atoms with van der Waals surface area (Å²) in [6, 6.07) is 16.6. The van der Waals surface area contributed by atoms with Gasteiger partial charge in [0.2, 0.25) is 0 Å². The zero-order valence-electron chi connectivity index (χ0n) is 32.0. The number of thiophene rings is 1. The van der Waals surface area contributed by atoms with Crippen LogP contribution in [0, 0.1) is 28.6 Å². The molecule has 0 unspecified atom stereocenters. The van der Waals surface area contributed by atoms with E-state index in [-0.39, 0.29) is 29.6 Å². The third-order valence-electron chi connectivity index (χ3n) is 14.2. The van der Waals surface area contributed by atoms with Crippen molar-refractivity contribution in [2.45, 2.75) is 114 Å². The second kappa shape index (κ2) is 14.7. The third kappa shape index (κ3) is 7.10. The maximum Gasteiger partial charge on any atom is 0.252 e. The van der Waals surface area contributed by atoms with Gasteiger partial charge in [-0.25, -0.2) is 8.42 Å². The minimum atomic E-state index is -3.87. The monoisotopic (exact) mass is 759 g/mol. The van der Waals surface area contributed by atoms with Gasteiger partial charge in [-0.1, -0.05) is 50.6 Å². The van der Waals surface area contributed by atoms with Crippen LogP contribution in [0.2, 0.25) is 0 Å². The van der Waals surface area contributed by atoms with E-state index in [4.69, 9.17) is 4.74 Å². The van der Waals surface area contributed by atoms with Crippen LogP contribution < -0.4 is 4.74 Å². The van der Waals surface area contributed by atoms with Crippen LogP contribution in [0.25, 0.3) is 0 Å². The van der Waals surface area contributed by atoms with Crippen LogP contribution in [0.15, 0.2) is 75.8 Å². The van der Waals surface area contributed by atoms with Crippen molar-refractivity contribution in [1.82, 2.24) is 4.31 Å². The van der Waals surface area contributed by atoms with Crippen LogP contribution in [-0.4, -0.2) is 60.6 Å². The second-order valence-electron chi connectivity index (χ2n) is 17.4. The smallest absolute Gasteiger partial charge is 0.252 e. The largest absolute Gasteiger partial charge is 0.497 e. The van der Waals surface area contributed by atoms with E-state index >= 15 is 0 Å². The van der Waals surface area contributed by atoms with Crippen LogP contribution in [-0.2, 0) is 16.4 Å². The second-order valence-corrected chi connectivity index (χ2v) is 20.5. The highest BCUT2D eigenvalue weighted by molar-refractivity contribution is 7.91. The first-order valence-corrected chi connectivity index (χ1v) is 21.9. The van der Waals surface area contributed by atoms with Crippen LogP contribution in [0.1, 0.15) is 118 Å². The van der Waals surface area contributed by atoms with Crippen molar-refractivity contribution in [2.75, 3.05) is 20.2 Å². The number of ketones is 1. The summed E-state index contributed by atoms with van der Waals surface area (Å²) in [6.07, 6.45) is 9.16. The van der Waals surface area contributed by atoms with E-state index in [0.717, 1.165) is 36.8 Å². The van der Waals surface area contributed by atoms with Crippen molar-refractivity contribution in [3.05, 3.63) is 93.9 Å². The molecule has 1 heterocycles. The minimum absolute atomic E-state index is 0.0159. The molecule has 0 saturated heterocycles. The zero-order chi connectivity index (χ0) is 37.8. The fraction of sp³-hybridized carbons (Fsp3) is 0.568. The average Bonchev–Trinajstić information content (AvgIpc) is 3.78. The Hall–Kier alpha value is -2.82. The van der Waals surface area contributed by atoms with Crippen molar-refractivity contribution < 1.29 is 28.2 Å². The molecule has 53 heavy (non-hydrogen) atoms. The molecule has 4 bridgehead atoms. The SMILES string of the molecule is COc1ccc(C(=O)c2cc3ccc2[C@@H]2CC[C@@](O)(CN(C[C@@H]4CC[C@H]5C[C@@H]4C5(C)C)S(=O)(=O)c4cccs4)[C@@]2(C)CCC=C(C)CC[C@H](O)C3)cc1. The minimum Gasteiger partial charge on any atom is -0.497 e. The quantitative estimate of drug-likeness (QED) is 0.167. The molecule has 0 amide bonds. The van der Waals surface area contributed by atoms with Crippen molar-refractivity contribution in [1.29, 1.82) is 0 Å². The lowest BCUT2D eigenvalue weighted by molar-refractivity contribution is -0.114. The average molecular weight is 760 g/mol. The summed E-state index contributed by atoms with van der Waals surface area (Å²) in [6.45, 7) is 9.34. The highest BCUT2D eigenvalue weighted by atomic mass is 32.2. The van der Waals surface area contributed by atoms with Gasteiger partial charge >= 0.3 is 0 Å². The van der Waals surface area contributed by atoms with Gasteiger partial charge < -0.3 is 14.9 Å². The molecule has 9 heteroatoms. The number of nitrogens with zero attached hydrogens (tertiary/aromatic N) is 1. The van der Waals surface area contributed by atoms with E-state index in [9.17, 15) is 23.4 Å². The van der Waals surface area contributed by atoms with Crippen LogP contribution in [0.4, 0.5) is 0 Å². The van der Waals surface area contributed by atoms with Gasteiger partial charge in [-0.05, 0) is 153 Å². The Bertz CT molecular complexity index is 1930. The summed E-state index contributed by atoms with van der Waals surface area (Å²) in [5, 5.41) is 26.0. The Balaban J connectivity index is 1.30. The molecule has 0 radical (unpaired) electrons. The summed E-state index contributed by atoms with van der Waals surface area (Å²) in [7, 11) is -2.27. The number of sulfonamides is 1. The van der Waals surface area contributed by atoms with Crippen LogP contribution in [0.3, 0.4) is 0 Å². The van der Waals surface area contributed by atoms with E-state index < -0.39 is 27.1 Å². The molecular formula is C44H57NO6S2. The van der Waals surface area contributed by atoms with E-state index in [2.05, 4.69) is 33.8 Å². The van der Waals surface area contributed by atoms with Gasteiger partial charge in [0.1, 0.15) is 9.96 Å². The van der Waals surface area contributed by atoms with Gasteiger partial charge in [0.05, 0.1) is 18.8 Å². The molecule has 1 aromatic heterocycles. The summed E-state index contributed by atoms with van der Waals surface area (Å²) < 4.78 is 36.5. The van der Waals surface area contributed by atoms with Gasteiger partial charge in [0, 0.05) is 29.6 Å². The lowest BCUT2D eigenvalue weighted by Gasteiger charge is -2.60. The summed E-state index contributed by atoms with van der Waals surface area (Å²) >= 11 is 1.24. The molecule has 3 aromatic rings. The summed E-state index contributed by atoms with van der Waals surface area (Å²) in [5.41, 5.74) is 2.21. The number of carbonyl (C=O) groups excluding carboxylic acids is 1. The molecule has 2 N–H and O–H groups in total. The van der Waals surface area contributed by atoms with Gasteiger partial charge in [-0.15, -0.1) is 11.3 Å². The maximum atomic E-state index is 14.6. The molecule has 6 aliphatic rings. The maximum absolute atomic E-state index is 14.6. The third-order valence-corrected chi connectivity index (χ3v) is 17.4. The topological polar surface area (TPSA) is 104 Å². The molecule has 9 rings (SSSR count). The fourth-order valence-corrected chi connectivity index (χ4v) is 13.3. The molecule has 4 saturated carbocycles. The lowest BCUT2D eigenvalue weighted by atomic mass is 9.45. The standard InChI is InChI=1S/C44H57NO6S2/c1-29-8-6-21-43(4)38(36-19-11-30(24-34(46)16-10-29)25-37(36)41(47)31-13-17-35(51-5)18-14-31)20-22-44(43,48)28-45(53(49,50)40-9-7-23-52-40)27-32-12-15-33-26-39(32)42(33,2)3/h7-9,11,13-14,17-19,23,25,32-34,38-39,46,48H,6,10,12,15-16,20-22,24,26-28H2,1-5H3/t32-,33-,34-,38-,39-,43-,44+/m0/s1. The highest BCUT2D eigenvalue weighted by Gasteiger charge is 2.59. The number of carbonyl (C=O) groups is 1. The number of aliphatic hydroxyl groups is 2. The molecule has 6 aliphatic carbocycles. The van der Waals surface area contributed by atoms with Crippen LogP contribution >= 0.6 is 11.3 Å². The first-order valence-electron chi connectivity index (χ1n) is 19.6. The molecule has 0 aliphatic heterocycles. The van der Waals surface area contributed by atoms with Gasteiger partial charge in [-0.3, -0.25) is 4.79 Å². The number of methoxy groups -OCH3 is 1. The van der Waals surface area contributed by atoms with E-state index in [1.165, 1.54) is 16.9 Å². The van der Waals surface area contributed by atoms with Gasteiger partial charge in [0.25, 0.3) is 10.0 Å². The Kier molecular flexibility index (Phi) is 10.7. The van der Waals surface area contributed by atoms with Crippen molar-refractivity contribution >= 4 is 27.1 Å². The van der Waals surface area contributed by atoms with E-state index in [1.807, 2.05) is 23.6 Å². The first-order chi connectivity index (χ1) is 25.2. The van der Waals surface area contributed by atoms with E-state index in [1.54, 1.807) is 47.8 Å². The number of fused-ring (bicyclic) bond motifs is 10. The number of hydrogen-bond donors (Lipinski definition) is 2. The number of benzene rings is 2. The van der Waals surface area contributed by atoms with Crippen LogP contribution in [0.5, 0.6) is 5.75 Å². The molecule has 0 spiro atoms. The predicted molar refractivity (Wildman–Crippen MR) is 211 cm³/mol. The van der Waals surface area contributed by atoms with Crippen molar-refractivity contribution in [3.8, 4) is 5.75 Å². The number of aliphatic hydroxyl groups excluding tert-OH is 1. The summed E-state index contributed by atoms with van der Waals surface area (Å²) in [4.78, 5) is 14.5. The first kappa shape index (κ1) is 38.5. The Labute approximate surface area is 320 Å². The fourth-order valence-electron chi connectivity index (χ4n) is 10.6. The normalized spacial score (nSPS) is 31.3. The van der Waals surface area contributed by atoms with Crippen molar-refractivity contribution in [2.24, 2.45) is 28.6 Å². The molecule has 7 nitrogen and oxygen atoms in total. The Morgan fingerprint density at radius 1 is 1.02 bits per heavy atom. The van der Waals surface area contributed by atoms with Gasteiger partial charge in [-0.2, -0.15) is 4.31 Å². The number of allylic oxidation sites excluding steroid dienone is 2. The van der Waals surface area contributed by atoms with E-state index in [0.29, 0.717) is 78.0 Å². The molecule has 4 fully saturated rings. The number of ether oxygens (including phenoxy) is 1. The zero-order valence-corrected chi connectivity index (χ0v) is 33.6. The lowest BCUT2D eigenvalue weighted by Crippen LogP contribution is -2.58. The highest BCUT2D eigenvalue weighted by Crippen LogP contribution is 2.62.